The maximum atomic E-state index is 4.40. The third-order valence-corrected chi connectivity index (χ3v) is 5.23. The number of benzene rings is 1. The second kappa shape index (κ2) is 7.11. The van der Waals surface area contributed by atoms with Crippen molar-refractivity contribution in [3.05, 3.63) is 47.7 Å². The van der Waals surface area contributed by atoms with Crippen LogP contribution in [0.2, 0.25) is 0 Å². The number of nitrogens with zero attached hydrogens (tertiary/aromatic N) is 4. The van der Waals surface area contributed by atoms with Crippen LogP contribution in [-0.2, 0) is 6.54 Å². The van der Waals surface area contributed by atoms with Crippen molar-refractivity contribution in [1.29, 1.82) is 0 Å². The van der Waals surface area contributed by atoms with Gasteiger partial charge in [-0.25, -0.2) is 9.97 Å². The van der Waals surface area contributed by atoms with Gasteiger partial charge in [0.15, 0.2) is 11.0 Å². The second-order valence-corrected chi connectivity index (χ2v) is 6.86. The molecule has 1 fully saturated rings. The summed E-state index contributed by atoms with van der Waals surface area (Å²) in [6.45, 7) is 3.02. The summed E-state index contributed by atoms with van der Waals surface area (Å²) in [7, 11) is 0. The average Bonchev–Trinajstić information content (AvgIpc) is 3.34. The van der Waals surface area contributed by atoms with E-state index in [4.69, 9.17) is 0 Å². The number of anilines is 1. The number of piperidine rings is 1. The summed E-state index contributed by atoms with van der Waals surface area (Å²) in [6.07, 6.45) is 5.73. The van der Waals surface area contributed by atoms with Gasteiger partial charge in [-0.05, 0) is 24.5 Å². The fourth-order valence-corrected chi connectivity index (χ4v) is 3.78. The number of nitrogens with one attached hydrogen (secondary N) is 2. The van der Waals surface area contributed by atoms with Gasteiger partial charge in [0.2, 0.25) is 0 Å². The highest BCUT2D eigenvalue weighted by Crippen LogP contribution is 2.22. The van der Waals surface area contributed by atoms with Gasteiger partial charge in [-0.1, -0.05) is 18.2 Å². The first-order valence-electron chi connectivity index (χ1n) is 8.21. The normalized spacial score (nSPS) is 15.8. The molecule has 124 valence electrons. The number of hydrogen-bond acceptors (Lipinski definition) is 6. The van der Waals surface area contributed by atoms with Gasteiger partial charge >= 0.3 is 0 Å². The van der Waals surface area contributed by atoms with Gasteiger partial charge < -0.3 is 10.2 Å². The number of thiazole rings is 1. The lowest BCUT2D eigenvalue weighted by molar-refractivity contribution is 0.414. The van der Waals surface area contributed by atoms with E-state index in [0.29, 0.717) is 6.04 Å². The summed E-state index contributed by atoms with van der Waals surface area (Å²) < 4.78 is 0. The quantitative estimate of drug-likeness (QED) is 0.747. The van der Waals surface area contributed by atoms with E-state index < -0.39 is 0 Å². The highest BCUT2D eigenvalue weighted by atomic mass is 32.1. The van der Waals surface area contributed by atoms with Crippen LogP contribution in [0.3, 0.4) is 0 Å². The molecular weight excluding hydrogens is 320 g/mol. The van der Waals surface area contributed by atoms with Gasteiger partial charge in [0, 0.05) is 42.8 Å². The molecule has 24 heavy (non-hydrogen) atoms. The number of aromatic amines is 1. The van der Waals surface area contributed by atoms with Crippen molar-refractivity contribution in [2.24, 2.45) is 0 Å². The molecule has 7 heteroatoms. The number of H-pyrrole nitrogens is 1. The molecule has 0 amide bonds. The fraction of sp³-hybridized carbons (Fsp3) is 0.353. The van der Waals surface area contributed by atoms with Gasteiger partial charge in [0.25, 0.3) is 0 Å². The molecule has 3 aromatic rings. The Balaban J connectivity index is 1.31. The zero-order valence-corrected chi connectivity index (χ0v) is 14.2. The molecule has 1 saturated heterocycles. The zero-order chi connectivity index (χ0) is 16.2. The molecule has 6 nitrogen and oxygen atoms in total. The lowest BCUT2D eigenvalue weighted by atomic mass is 10.0. The molecule has 3 heterocycles. The summed E-state index contributed by atoms with van der Waals surface area (Å²) in [5, 5.41) is 13.7. The molecule has 1 aliphatic rings. The Morgan fingerprint density at radius 1 is 1.25 bits per heavy atom. The van der Waals surface area contributed by atoms with Crippen LogP contribution < -0.4 is 10.2 Å². The van der Waals surface area contributed by atoms with Crippen LogP contribution in [-0.4, -0.2) is 39.3 Å². The van der Waals surface area contributed by atoms with E-state index in [1.54, 1.807) is 11.3 Å². The summed E-state index contributed by atoms with van der Waals surface area (Å²) in [6, 6.07) is 9.00. The van der Waals surface area contributed by atoms with Crippen molar-refractivity contribution in [3.63, 3.8) is 0 Å². The molecule has 1 aliphatic heterocycles. The van der Waals surface area contributed by atoms with E-state index in [9.17, 15) is 0 Å². The second-order valence-electron chi connectivity index (χ2n) is 5.99. The molecule has 4 rings (SSSR count). The molecule has 2 aromatic heterocycles. The Bertz CT molecular complexity index is 747. The molecule has 0 unspecified atom stereocenters. The number of rotatable bonds is 5. The van der Waals surface area contributed by atoms with Crippen LogP contribution in [0.5, 0.6) is 0 Å². The van der Waals surface area contributed by atoms with E-state index in [1.165, 1.54) is 11.9 Å². The molecule has 2 N–H and O–H groups in total. The molecule has 0 aliphatic carbocycles. The van der Waals surface area contributed by atoms with E-state index in [-0.39, 0.29) is 0 Å². The number of aromatic nitrogens is 4. The third-order valence-electron chi connectivity index (χ3n) is 4.40. The predicted octanol–water partition coefficient (Wildman–Crippen LogP) is 2.69. The van der Waals surface area contributed by atoms with Crippen molar-refractivity contribution < 1.29 is 0 Å². The standard InChI is InChI=1S/C17H20N6S/c1-2-13(10-14(3-1)16-20-12-21-22-16)11-19-15-4-7-23(8-5-15)17-18-6-9-24-17/h1-3,6,9-10,12,15,19H,4-5,7-8,11H2,(H,20,21,22). The Morgan fingerprint density at radius 3 is 2.92 bits per heavy atom. The van der Waals surface area contributed by atoms with Gasteiger partial charge in [-0.2, -0.15) is 5.10 Å². The first kappa shape index (κ1) is 15.3. The van der Waals surface area contributed by atoms with Gasteiger partial charge in [-0.3, -0.25) is 5.10 Å². The lowest BCUT2D eigenvalue weighted by Crippen LogP contribution is -2.42. The van der Waals surface area contributed by atoms with Crippen LogP contribution in [0, 0.1) is 0 Å². The van der Waals surface area contributed by atoms with Crippen LogP contribution in [0.25, 0.3) is 11.4 Å². The van der Waals surface area contributed by atoms with E-state index in [2.05, 4.69) is 54.6 Å². The highest BCUT2D eigenvalue weighted by Gasteiger charge is 2.20. The Labute approximate surface area is 145 Å². The maximum Gasteiger partial charge on any atom is 0.185 e. The lowest BCUT2D eigenvalue weighted by Gasteiger charge is -2.32. The fourth-order valence-electron chi connectivity index (χ4n) is 3.08. The largest absolute Gasteiger partial charge is 0.348 e. The summed E-state index contributed by atoms with van der Waals surface area (Å²) in [5.74, 6) is 0.814. The van der Waals surface area contributed by atoms with Crippen LogP contribution in [0.4, 0.5) is 5.13 Å². The Hall–Kier alpha value is -2.25. The molecule has 0 saturated carbocycles. The third kappa shape index (κ3) is 3.47. The Kier molecular flexibility index (Phi) is 4.53. The SMILES string of the molecule is c1cc(CNC2CCN(c3nccs3)CC2)cc(-c2ncn[nH]2)c1. The highest BCUT2D eigenvalue weighted by molar-refractivity contribution is 7.13. The van der Waals surface area contributed by atoms with Gasteiger partial charge in [0.05, 0.1) is 0 Å². The average molecular weight is 340 g/mol. The first-order valence-corrected chi connectivity index (χ1v) is 9.09. The molecule has 0 bridgehead atoms. The summed E-state index contributed by atoms with van der Waals surface area (Å²) >= 11 is 1.72. The Morgan fingerprint density at radius 2 is 2.17 bits per heavy atom. The maximum absolute atomic E-state index is 4.40. The minimum absolute atomic E-state index is 0.565. The van der Waals surface area contributed by atoms with E-state index in [1.807, 2.05) is 11.6 Å². The number of hydrogen-bond donors (Lipinski definition) is 2. The molecule has 0 radical (unpaired) electrons. The minimum atomic E-state index is 0.565. The van der Waals surface area contributed by atoms with E-state index in [0.717, 1.165) is 49.0 Å². The van der Waals surface area contributed by atoms with Gasteiger partial charge in [0.1, 0.15) is 6.33 Å². The predicted molar refractivity (Wildman–Crippen MR) is 96.0 cm³/mol. The summed E-state index contributed by atoms with van der Waals surface area (Å²) in [4.78, 5) is 11.0. The topological polar surface area (TPSA) is 69.7 Å². The monoisotopic (exact) mass is 340 g/mol. The van der Waals surface area contributed by atoms with Crippen LogP contribution >= 0.6 is 11.3 Å². The van der Waals surface area contributed by atoms with Crippen molar-refractivity contribution in [1.82, 2.24) is 25.5 Å². The molecule has 0 spiro atoms. The van der Waals surface area contributed by atoms with Crippen molar-refractivity contribution >= 4 is 16.5 Å². The van der Waals surface area contributed by atoms with Gasteiger partial charge in [-0.15, -0.1) is 11.3 Å². The van der Waals surface area contributed by atoms with Crippen molar-refractivity contribution in [3.8, 4) is 11.4 Å². The van der Waals surface area contributed by atoms with Crippen LogP contribution in [0.1, 0.15) is 18.4 Å². The summed E-state index contributed by atoms with van der Waals surface area (Å²) in [5.41, 5.74) is 2.34. The molecular formula is C17H20N6S. The van der Waals surface area contributed by atoms with E-state index >= 15 is 0 Å². The molecule has 1 aromatic carbocycles. The minimum Gasteiger partial charge on any atom is -0.348 e. The molecule has 0 atom stereocenters. The van der Waals surface area contributed by atoms with Crippen LogP contribution in [0.15, 0.2) is 42.2 Å². The van der Waals surface area contributed by atoms with Crippen molar-refractivity contribution in [2.45, 2.75) is 25.4 Å². The zero-order valence-electron chi connectivity index (χ0n) is 13.4. The first-order chi connectivity index (χ1) is 11.9. The van der Waals surface area contributed by atoms with Crippen molar-refractivity contribution in [2.75, 3.05) is 18.0 Å². The smallest absolute Gasteiger partial charge is 0.185 e.